The third-order valence-electron chi connectivity index (χ3n) is 8.61. The number of nitrogens with zero attached hydrogens (tertiary/aromatic N) is 6. The monoisotopic (exact) mass is 582 g/mol. The van der Waals surface area contributed by atoms with E-state index in [1.54, 1.807) is 4.90 Å². The molecule has 0 bridgehead atoms. The second-order valence-corrected chi connectivity index (χ2v) is 11.4. The van der Waals surface area contributed by atoms with Gasteiger partial charge in [0.15, 0.2) is 0 Å². The first-order valence-electron chi connectivity index (χ1n) is 15.3. The average Bonchev–Trinajstić information content (AvgIpc) is 3.02. The highest BCUT2D eigenvalue weighted by Gasteiger charge is 2.35. The lowest BCUT2D eigenvalue weighted by Crippen LogP contribution is -2.56. The smallest absolute Gasteiger partial charge is 0.318 e. The molecule has 1 aromatic heterocycles. The number of fused-ring (bicyclic) bond motifs is 2. The number of carbonyl (C=O) groups excluding carboxylic acids is 1. The van der Waals surface area contributed by atoms with Gasteiger partial charge in [0.25, 0.3) is 0 Å². The number of hydrogen-bond acceptors (Lipinski definition) is 7. The van der Waals surface area contributed by atoms with Crippen LogP contribution in [-0.4, -0.2) is 83.6 Å². The highest BCUT2D eigenvalue weighted by atomic mass is 16.5. The Balaban J connectivity index is 1.50. The predicted octanol–water partition coefficient (Wildman–Crippen LogP) is 4.98. The maximum atomic E-state index is 12.5. The summed E-state index contributed by atoms with van der Waals surface area (Å²) in [4.78, 5) is 32.3. The van der Waals surface area contributed by atoms with Crippen LogP contribution in [-0.2, 0) is 22.6 Å². The molecule has 9 nitrogen and oxygen atoms in total. The molecule has 9 heteroatoms. The van der Waals surface area contributed by atoms with Crippen LogP contribution >= 0.6 is 0 Å². The molecule has 1 saturated heterocycles. The normalized spacial score (nSPS) is 19.2. The summed E-state index contributed by atoms with van der Waals surface area (Å²) >= 11 is 0. The molecule has 2 unspecified atom stereocenters. The Morgan fingerprint density at radius 1 is 1.23 bits per heavy atom. The number of aryl methyl sites for hydroxylation is 1. The van der Waals surface area contributed by atoms with E-state index >= 15 is 0 Å². The van der Waals surface area contributed by atoms with E-state index in [2.05, 4.69) is 85.3 Å². The zero-order chi connectivity index (χ0) is 30.5. The van der Waals surface area contributed by atoms with Crippen LogP contribution in [0.25, 0.3) is 15.6 Å². The lowest BCUT2D eigenvalue weighted by molar-refractivity contribution is -0.128. The van der Waals surface area contributed by atoms with Crippen molar-refractivity contribution in [2.75, 3.05) is 50.7 Å². The van der Waals surface area contributed by atoms with E-state index in [1.807, 2.05) is 0 Å². The van der Waals surface area contributed by atoms with Crippen molar-refractivity contribution in [2.45, 2.75) is 59.0 Å². The highest BCUT2D eigenvalue weighted by Crippen LogP contribution is 2.38. The topological polar surface area (TPSA) is 75.4 Å². The molecule has 0 N–H and O–H groups in total. The number of hydrogen-bond donors (Lipinski definition) is 0. The van der Waals surface area contributed by atoms with Crippen LogP contribution in [0.2, 0.25) is 0 Å². The van der Waals surface area contributed by atoms with Gasteiger partial charge in [-0.05, 0) is 54.9 Å². The minimum atomic E-state index is -0.260. The van der Waals surface area contributed by atoms with Gasteiger partial charge in [0, 0.05) is 38.2 Å². The van der Waals surface area contributed by atoms with E-state index in [0.29, 0.717) is 38.7 Å². The summed E-state index contributed by atoms with van der Waals surface area (Å²) in [5, 5.41) is 2.42. The standard InChI is InChI=1S/C34H42N6O3/c1-7-31(41)40-17-16-39(21-26(40)19-35-6)33-28-22-42-30(27-15-11-14-25-13-10-12-23(4)32(25)27)18-29(28)36-34(37-33)43-24(5)20-38(8-2)9-3/h7,10-15,24,26,30H,1,8-9,16-22H2,2-5H3/t24?,26-,30?/m0/s1. The van der Waals surface area contributed by atoms with Gasteiger partial charge in [-0.25, -0.2) is 6.57 Å². The Morgan fingerprint density at radius 3 is 2.72 bits per heavy atom. The first-order valence-corrected chi connectivity index (χ1v) is 15.3. The summed E-state index contributed by atoms with van der Waals surface area (Å²) in [6, 6.07) is 12.9. The van der Waals surface area contributed by atoms with Crippen molar-refractivity contribution in [1.82, 2.24) is 19.8 Å². The van der Waals surface area contributed by atoms with E-state index in [0.717, 1.165) is 42.3 Å². The fraction of sp³-hybridized carbons (Fsp3) is 0.471. The summed E-state index contributed by atoms with van der Waals surface area (Å²) in [5.41, 5.74) is 4.25. The van der Waals surface area contributed by atoms with Crippen LogP contribution < -0.4 is 9.64 Å². The van der Waals surface area contributed by atoms with E-state index < -0.39 is 0 Å². The Hall–Kier alpha value is -4.00. The third kappa shape index (κ3) is 6.51. The van der Waals surface area contributed by atoms with Crippen LogP contribution in [0, 0.1) is 13.5 Å². The second-order valence-electron chi connectivity index (χ2n) is 11.4. The van der Waals surface area contributed by atoms with Gasteiger partial charge in [-0.15, -0.1) is 0 Å². The molecule has 3 atom stereocenters. The number of anilines is 1. The molecule has 2 aromatic carbocycles. The highest BCUT2D eigenvalue weighted by molar-refractivity contribution is 5.89. The molecular formula is C34H42N6O3. The fourth-order valence-corrected chi connectivity index (χ4v) is 6.35. The van der Waals surface area contributed by atoms with Crippen molar-refractivity contribution in [3.63, 3.8) is 0 Å². The van der Waals surface area contributed by atoms with Crippen LogP contribution in [0.1, 0.15) is 49.3 Å². The van der Waals surface area contributed by atoms with Gasteiger partial charge >= 0.3 is 6.01 Å². The van der Waals surface area contributed by atoms with Gasteiger partial charge in [-0.3, -0.25) is 4.79 Å². The first kappa shape index (κ1) is 30.5. The van der Waals surface area contributed by atoms with Crippen molar-refractivity contribution in [1.29, 1.82) is 0 Å². The van der Waals surface area contributed by atoms with Crippen LogP contribution in [0.15, 0.2) is 49.1 Å². The number of rotatable bonds is 10. The summed E-state index contributed by atoms with van der Waals surface area (Å²) < 4.78 is 12.9. The Bertz CT molecular complexity index is 1510. The second kappa shape index (κ2) is 13.5. The van der Waals surface area contributed by atoms with Crippen molar-refractivity contribution in [3.05, 3.63) is 82.9 Å². The Morgan fingerprint density at radius 2 is 2.00 bits per heavy atom. The molecule has 3 aromatic rings. The molecule has 3 heterocycles. The lowest BCUT2D eigenvalue weighted by atomic mass is 9.92. The summed E-state index contributed by atoms with van der Waals surface area (Å²) in [6.07, 6.45) is 1.67. The van der Waals surface area contributed by atoms with E-state index in [-0.39, 0.29) is 30.7 Å². The zero-order valence-electron chi connectivity index (χ0n) is 25.8. The number of aromatic nitrogens is 2. The van der Waals surface area contributed by atoms with Gasteiger partial charge in [-0.1, -0.05) is 56.8 Å². The number of amides is 1. The minimum absolute atomic E-state index is 0.0981. The first-order chi connectivity index (χ1) is 20.9. The largest absolute Gasteiger partial charge is 0.459 e. The molecule has 0 spiro atoms. The number of ether oxygens (including phenoxy) is 2. The van der Waals surface area contributed by atoms with Crippen molar-refractivity contribution in [3.8, 4) is 6.01 Å². The molecule has 0 saturated carbocycles. The predicted molar refractivity (Wildman–Crippen MR) is 169 cm³/mol. The van der Waals surface area contributed by atoms with Crippen molar-refractivity contribution >= 4 is 22.5 Å². The molecule has 226 valence electrons. The average molecular weight is 583 g/mol. The maximum Gasteiger partial charge on any atom is 0.318 e. The minimum Gasteiger partial charge on any atom is -0.459 e. The molecule has 0 aliphatic carbocycles. The fourth-order valence-electron chi connectivity index (χ4n) is 6.35. The number of benzene rings is 2. The Labute approximate surface area is 254 Å². The molecular weight excluding hydrogens is 540 g/mol. The molecule has 2 aliphatic heterocycles. The molecule has 0 radical (unpaired) electrons. The molecule has 5 rings (SSSR count). The number of carbonyl (C=O) groups is 1. The van der Waals surface area contributed by atoms with Crippen LogP contribution in [0.3, 0.4) is 0 Å². The van der Waals surface area contributed by atoms with Gasteiger partial charge in [-0.2, -0.15) is 9.97 Å². The van der Waals surface area contributed by atoms with Gasteiger partial charge < -0.3 is 29.0 Å². The summed E-state index contributed by atoms with van der Waals surface area (Å²) in [6.45, 7) is 24.4. The number of piperazine rings is 1. The van der Waals surface area contributed by atoms with Gasteiger partial charge in [0.1, 0.15) is 18.0 Å². The van der Waals surface area contributed by atoms with E-state index in [1.165, 1.54) is 22.4 Å². The number of likely N-dealkylation sites (N-methyl/N-ethyl adjacent to an activating group) is 1. The zero-order valence-corrected chi connectivity index (χ0v) is 25.8. The summed E-state index contributed by atoms with van der Waals surface area (Å²) in [5.74, 6) is 0.618. The molecule has 1 amide bonds. The Kier molecular flexibility index (Phi) is 9.59. The third-order valence-corrected chi connectivity index (χ3v) is 8.61. The molecule has 2 aliphatic rings. The van der Waals surface area contributed by atoms with E-state index in [4.69, 9.17) is 26.0 Å². The molecule has 43 heavy (non-hydrogen) atoms. The van der Waals surface area contributed by atoms with Gasteiger partial charge in [0.2, 0.25) is 12.5 Å². The lowest BCUT2D eigenvalue weighted by Gasteiger charge is -2.40. The quantitative estimate of drug-likeness (QED) is 0.247. The van der Waals surface area contributed by atoms with Crippen molar-refractivity contribution < 1.29 is 14.3 Å². The van der Waals surface area contributed by atoms with Gasteiger partial charge in [0.05, 0.1) is 18.4 Å². The molecule has 1 fully saturated rings. The maximum absolute atomic E-state index is 12.5. The van der Waals surface area contributed by atoms with Crippen LogP contribution in [0.4, 0.5) is 5.82 Å². The summed E-state index contributed by atoms with van der Waals surface area (Å²) in [7, 11) is 0. The van der Waals surface area contributed by atoms with E-state index in [9.17, 15) is 4.79 Å². The van der Waals surface area contributed by atoms with Crippen LogP contribution in [0.5, 0.6) is 6.01 Å². The SMILES string of the molecule is [C-]#[N+]C[C@H]1CN(c2nc(OC(C)CN(CC)CC)nc3c2COC(c2cccc4cccc(C)c24)C3)CCN1C(=O)C=C. The van der Waals surface area contributed by atoms with Crippen molar-refractivity contribution in [2.24, 2.45) is 0 Å².